The highest BCUT2D eigenvalue weighted by Crippen LogP contribution is 2.22. The van der Waals surface area contributed by atoms with Crippen molar-refractivity contribution in [3.8, 4) is 0 Å². The quantitative estimate of drug-likeness (QED) is 0.0398. The van der Waals surface area contributed by atoms with E-state index in [4.69, 9.17) is 18.9 Å². The van der Waals surface area contributed by atoms with Crippen LogP contribution in [-0.2, 0) is 28.5 Å². The van der Waals surface area contributed by atoms with Gasteiger partial charge in [0.2, 0.25) is 0 Å². The van der Waals surface area contributed by atoms with Gasteiger partial charge in [0.15, 0.2) is 12.4 Å². The molecule has 0 bridgehead atoms. The SMILES string of the molecule is C=CC/C=C/C/C=C\CCCCCCCC(=O)OC[C@H](CO[C@@H]1O[C@H](CO)[C@H](O)[C@H](O)[C@H]1O)OC(=O)CCCCCCC/C=C/C/C=C/C. The smallest absolute Gasteiger partial charge is 0.306 e. The Balaban J connectivity index is 2.43. The van der Waals surface area contributed by atoms with Crippen molar-refractivity contribution < 1.29 is 49.0 Å². The van der Waals surface area contributed by atoms with E-state index < -0.39 is 55.4 Å². The molecule has 0 aromatic carbocycles. The fourth-order valence-electron chi connectivity index (χ4n) is 5.16. The average molecular weight is 693 g/mol. The standard InChI is InChI=1S/C39H64O10/c1-3-5-7-9-11-13-15-16-18-19-21-23-25-27-34(41)46-30-32(31-47-39-38(45)37(44)36(43)33(29-40)49-39)48-35(42)28-26-24-22-20-17-14-12-10-8-6-4-2/h3-4,6-7,9-10,12-13,15,32-33,36-40,43-45H,1,5,8,11,14,16-31H2,2H3/b6-4+,9-7+,12-10+,15-13-/t32-,33-,36+,37+,38-,39-/m1/s1. The van der Waals surface area contributed by atoms with Gasteiger partial charge < -0.3 is 39.4 Å². The van der Waals surface area contributed by atoms with Gasteiger partial charge in [-0.05, 0) is 64.7 Å². The maximum Gasteiger partial charge on any atom is 0.306 e. The minimum atomic E-state index is -1.60. The topological polar surface area (TPSA) is 152 Å². The fourth-order valence-corrected chi connectivity index (χ4v) is 5.16. The van der Waals surface area contributed by atoms with Crippen LogP contribution in [0.25, 0.3) is 0 Å². The number of rotatable bonds is 29. The van der Waals surface area contributed by atoms with Crippen molar-refractivity contribution in [2.75, 3.05) is 19.8 Å². The second-order valence-electron chi connectivity index (χ2n) is 12.4. The molecule has 1 heterocycles. The summed E-state index contributed by atoms with van der Waals surface area (Å²) >= 11 is 0. The van der Waals surface area contributed by atoms with Crippen LogP contribution < -0.4 is 0 Å². The largest absolute Gasteiger partial charge is 0.462 e. The molecule has 4 N–H and O–H groups in total. The van der Waals surface area contributed by atoms with E-state index in [9.17, 15) is 30.0 Å². The zero-order chi connectivity index (χ0) is 36.0. The molecule has 10 heteroatoms. The fraction of sp³-hybridized carbons (Fsp3) is 0.692. The molecule has 1 rings (SSSR count). The summed E-state index contributed by atoms with van der Waals surface area (Å²) in [6.45, 7) is 4.58. The summed E-state index contributed by atoms with van der Waals surface area (Å²) in [5, 5.41) is 39.8. The highest BCUT2D eigenvalue weighted by Gasteiger charge is 2.44. The Morgan fingerprint density at radius 2 is 1.24 bits per heavy atom. The summed E-state index contributed by atoms with van der Waals surface area (Å²) in [5.41, 5.74) is 0. The molecular formula is C39H64O10. The van der Waals surface area contributed by atoms with E-state index >= 15 is 0 Å². The Morgan fingerprint density at radius 1 is 0.694 bits per heavy atom. The van der Waals surface area contributed by atoms with Gasteiger partial charge in [-0.15, -0.1) is 6.58 Å². The maximum absolute atomic E-state index is 12.6. The molecule has 1 saturated heterocycles. The Bertz CT molecular complexity index is 973. The first kappa shape index (κ1) is 44.4. The first-order valence-corrected chi connectivity index (χ1v) is 18.3. The molecule has 49 heavy (non-hydrogen) atoms. The third-order valence-electron chi connectivity index (χ3n) is 8.11. The van der Waals surface area contributed by atoms with Crippen LogP contribution in [0.1, 0.15) is 116 Å². The highest BCUT2D eigenvalue weighted by atomic mass is 16.7. The third-order valence-corrected chi connectivity index (χ3v) is 8.11. The van der Waals surface area contributed by atoms with Gasteiger partial charge in [0.25, 0.3) is 0 Å². The summed E-state index contributed by atoms with van der Waals surface area (Å²) < 4.78 is 22.0. The van der Waals surface area contributed by atoms with Gasteiger partial charge in [-0.1, -0.05) is 93.2 Å². The van der Waals surface area contributed by atoms with E-state index in [2.05, 4.69) is 49.1 Å². The molecule has 0 aromatic rings. The van der Waals surface area contributed by atoms with E-state index in [1.165, 1.54) is 0 Å². The Labute approximate surface area is 294 Å². The number of allylic oxidation sites excluding steroid dienone is 9. The van der Waals surface area contributed by atoms with Gasteiger partial charge in [0, 0.05) is 12.8 Å². The number of esters is 2. The molecule has 0 unspecified atom stereocenters. The van der Waals surface area contributed by atoms with Crippen LogP contribution in [0.2, 0.25) is 0 Å². The Morgan fingerprint density at radius 3 is 1.86 bits per heavy atom. The lowest BCUT2D eigenvalue weighted by Crippen LogP contribution is -2.59. The molecule has 0 spiro atoms. The molecule has 1 fully saturated rings. The first-order chi connectivity index (χ1) is 23.8. The summed E-state index contributed by atoms with van der Waals surface area (Å²) in [7, 11) is 0. The number of hydrogen-bond donors (Lipinski definition) is 4. The van der Waals surface area contributed by atoms with Crippen LogP contribution >= 0.6 is 0 Å². The molecule has 1 aliphatic rings. The zero-order valence-corrected chi connectivity index (χ0v) is 29.7. The zero-order valence-electron chi connectivity index (χ0n) is 29.7. The second kappa shape index (κ2) is 30.2. The van der Waals surface area contributed by atoms with Crippen molar-refractivity contribution in [3.63, 3.8) is 0 Å². The van der Waals surface area contributed by atoms with Crippen LogP contribution in [0, 0.1) is 0 Å². The van der Waals surface area contributed by atoms with Crippen LogP contribution in [0.3, 0.4) is 0 Å². The van der Waals surface area contributed by atoms with Crippen molar-refractivity contribution in [1.82, 2.24) is 0 Å². The van der Waals surface area contributed by atoms with Gasteiger partial charge in [-0.25, -0.2) is 0 Å². The lowest BCUT2D eigenvalue weighted by atomic mass is 9.99. The van der Waals surface area contributed by atoms with E-state index in [-0.39, 0.29) is 26.1 Å². The van der Waals surface area contributed by atoms with Crippen LogP contribution in [-0.4, -0.2) is 89.0 Å². The van der Waals surface area contributed by atoms with Crippen molar-refractivity contribution in [3.05, 3.63) is 61.3 Å². The molecular weight excluding hydrogens is 628 g/mol. The summed E-state index contributed by atoms with van der Waals surface area (Å²) in [6.07, 6.45) is 25.7. The van der Waals surface area contributed by atoms with E-state index in [0.29, 0.717) is 12.8 Å². The number of ether oxygens (including phenoxy) is 4. The van der Waals surface area contributed by atoms with Gasteiger partial charge in [0.1, 0.15) is 31.0 Å². The van der Waals surface area contributed by atoms with E-state index in [0.717, 1.165) is 83.5 Å². The predicted octanol–water partition coefficient (Wildman–Crippen LogP) is 6.32. The monoisotopic (exact) mass is 692 g/mol. The minimum absolute atomic E-state index is 0.205. The van der Waals surface area contributed by atoms with Gasteiger partial charge in [-0.2, -0.15) is 0 Å². The number of unbranched alkanes of at least 4 members (excludes halogenated alkanes) is 10. The summed E-state index contributed by atoms with van der Waals surface area (Å²) in [6, 6.07) is 0. The van der Waals surface area contributed by atoms with Crippen molar-refractivity contribution in [2.24, 2.45) is 0 Å². The average Bonchev–Trinajstić information content (AvgIpc) is 3.10. The van der Waals surface area contributed by atoms with Gasteiger partial charge in [0.05, 0.1) is 13.2 Å². The van der Waals surface area contributed by atoms with Gasteiger partial charge in [-0.3, -0.25) is 9.59 Å². The molecule has 280 valence electrons. The minimum Gasteiger partial charge on any atom is -0.462 e. The Hall–Kier alpha value is -2.60. The predicted molar refractivity (Wildman–Crippen MR) is 191 cm³/mol. The second-order valence-corrected chi connectivity index (χ2v) is 12.4. The van der Waals surface area contributed by atoms with Gasteiger partial charge >= 0.3 is 11.9 Å². The number of hydrogen-bond acceptors (Lipinski definition) is 10. The summed E-state index contributed by atoms with van der Waals surface area (Å²) in [5.74, 6) is -0.859. The van der Waals surface area contributed by atoms with Crippen molar-refractivity contribution >= 4 is 11.9 Å². The van der Waals surface area contributed by atoms with Crippen LogP contribution in [0.4, 0.5) is 0 Å². The molecule has 0 radical (unpaired) electrons. The van der Waals surface area contributed by atoms with Crippen molar-refractivity contribution in [2.45, 2.75) is 153 Å². The lowest BCUT2D eigenvalue weighted by molar-refractivity contribution is -0.305. The number of aliphatic hydroxyl groups is 4. The summed E-state index contributed by atoms with van der Waals surface area (Å²) in [4.78, 5) is 25.1. The Kier molecular flexibility index (Phi) is 27.4. The maximum atomic E-state index is 12.6. The molecule has 0 aromatic heterocycles. The number of carbonyl (C=O) groups excluding carboxylic acids is 2. The highest BCUT2D eigenvalue weighted by molar-refractivity contribution is 5.70. The van der Waals surface area contributed by atoms with E-state index in [1.807, 2.05) is 19.1 Å². The molecule has 0 saturated carbocycles. The number of carbonyl (C=O) groups is 2. The van der Waals surface area contributed by atoms with E-state index in [1.54, 1.807) is 0 Å². The molecule has 0 amide bonds. The third kappa shape index (κ3) is 22.7. The lowest BCUT2D eigenvalue weighted by Gasteiger charge is -2.39. The molecule has 0 aliphatic carbocycles. The molecule has 1 aliphatic heterocycles. The number of aliphatic hydroxyl groups excluding tert-OH is 4. The van der Waals surface area contributed by atoms with Crippen molar-refractivity contribution in [1.29, 1.82) is 0 Å². The van der Waals surface area contributed by atoms with Crippen LogP contribution in [0.15, 0.2) is 61.3 Å². The molecule has 6 atom stereocenters. The van der Waals surface area contributed by atoms with Crippen LogP contribution in [0.5, 0.6) is 0 Å². The normalized spacial score (nSPS) is 22.0. The first-order valence-electron chi connectivity index (χ1n) is 18.3. The molecule has 10 nitrogen and oxygen atoms in total.